The van der Waals surface area contributed by atoms with Gasteiger partial charge in [0, 0.05) is 24.2 Å². The molecule has 1 fully saturated rings. The first-order chi connectivity index (χ1) is 7.01. The summed E-state index contributed by atoms with van der Waals surface area (Å²) >= 11 is 0. The normalized spacial score (nSPS) is 32.8. The summed E-state index contributed by atoms with van der Waals surface area (Å²) < 4.78 is 4.83. The molecule has 0 aromatic heterocycles. The lowest BCUT2D eigenvalue weighted by atomic mass is 9.88. The molecule has 0 saturated carbocycles. The van der Waals surface area contributed by atoms with Gasteiger partial charge in [-0.15, -0.1) is 0 Å². The van der Waals surface area contributed by atoms with E-state index in [4.69, 9.17) is 4.74 Å². The minimum Gasteiger partial charge on any atom is -0.463 e. The molecule has 2 unspecified atom stereocenters. The van der Waals surface area contributed by atoms with Crippen LogP contribution < -0.4 is 5.32 Å². The van der Waals surface area contributed by atoms with Crippen LogP contribution in [0.2, 0.25) is 0 Å². The number of esters is 1. The van der Waals surface area contributed by atoms with Crippen molar-refractivity contribution in [3.63, 3.8) is 0 Å². The molecule has 1 aliphatic heterocycles. The lowest BCUT2D eigenvalue weighted by Gasteiger charge is -2.22. The molecule has 1 rings (SSSR count). The number of ether oxygens (including phenoxy) is 1. The summed E-state index contributed by atoms with van der Waals surface area (Å²) in [5, 5.41) is 13.1. The summed E-state index contributed by atoms with van der Waals surface area (Å²) in [5.74, 6) is -0.363. The first-order valence-electron chi connectivity index (χ1n) is 5.35. The van der Waals surface area contributed by atoms with Crippen LogP contribution in [0.1, 0.15) is 27.2 Å². The van der Waals surface area contributed by atoms with Gasteiger partial charge in [0.1, 0.15) is 0 Å². The highest BCUT2D eigenvalue weighted by Crippen LogP contribution is 2.31. The number of aliphatic hydroxyl groups is 1. The second kappa shape index (κ2) is 4.66. The Morgan fingerprint density at radius 2 is 2.40 bits per heavy atom. The van der Waals surface area contributed by atoms with Gasteiger partial charge >= 0.3 is 5.97 Å². The van der Waals surface area contributed by atoms with E-state index in [1.165, 1.54) is 6.08 Å². The Morgan fingerprint density at radius 1 is 1.73 bits per heavy atom. The average molecular weight is 213 g/mol. The summed E-state index contributed by atoms with van der Waals surface area (Å²) in [6, 6.07) is 0. The van der Waals surface area contributed by atoms with Crippen LogP contribution in [-0.4, -0.2) is 29.8 Å². The Balaban J connectivity index is 2.75. The molecule has 0 radical (unpaired) electrons. The third-order valence-corrected chi connectivity index (χ3v) is 2.74. The fourth-order valence-electron chi connectivity index (χ4n) is 1.98. The molecular formula is C11H19NO3. The lowest BCUT2D eigenvalue weighted by Crippen LogP contribution is -2.33. The SMILES string of the molecule is CCOC(=O)C=C1NCC(C)(O)C1CC. The number of rotatable bonds is 3. The van der Waals surface area contributed by atoms with Crippen molar-refractivity contribution < 1.29 is 14.6 Å². The predicted molar refractivity (Wildman–Crippen MR) is 57.1 cm³/mol. The molecule has 0 bridgehead atoms. The topological polar surface area (TPSA) is 58.6 Å². The molecule has 0 aliphatic carbocycles. The predicted octanol–water partition coefficient (Wildman–Crippen LogP) is 0.814. The van der Waals surface area contributed by atoms with Gasteiger partial charge in [-0.3, -0.25) is 0 Å². The largest absolute Gasteiger partial charge is 0.463 e. The molecule has 0 aromatic rings. The van der Waals surface area contributed by atoms with Crippen LogP contribution in [0.4, 0.5) is 0 Å². The summed E-state index contributed by atoms with van der Waals surface area (Å²) in [7, 11) is 0. The maximum absolute atomic E-state index is 11.3. The molecule has 2 N–H and O–H groups in total. The fourth-order valence-corrected chi connectivity index (χ4v) is 1.98. The molecule has 1 heterocycles. The van der Waals surface area contributed by atoms with Crippen LogP contribution in [0.3, 0.4) is 0 Å². The van der Waals surface area contributed by atoms with E-state index in [2.05, 4.69) is 5.32 Å². The minimum atomic E-state index is -0.771. The monoisotopic (exact) mass is 213 g/mol. The molecule has 0 aromatic carbocycles. The van der Waals surface area contributed by atoms with E-state index in [1.54, 1.807) is 13.8 Å². The van der Waals surface area contributed by atoms with Gasteiger partial charge in [0.05, 0.1) is 12.2 Å². The van der Waals surface area contributed by atoms with Crippen molar-refractivity contribution in [3.05, 3.63) is 11.8 Å². The van der Waals surface area contributed by atoms with Crippen molar-refractivity contribution in [1.82, 2.24) is 5.32 Å². The molecule has 0 spiro atoms. The highest BCUT2D eigenvalue weighted by molar-refractivity contribution is 5.82. The number of hydrogen-bond acceptors (Lipinski definition) is 4. The third-order valence-electron chi connectivity index (χ3n) is 2.74. The van der Waals surface area contributed by atoms with Crippen LogP contribution in [-0.2, 0) is 9.53 Å². The standard InChI is InChI=1S/C11H19NO3/c1-4-8-9(6-10(13)15-5-2)12-7-11(8,3)14/h6,8,12,14H,4-5,7H2,1-3H3. The van der Waals surface area contributed by atoms with Gasteiger partial charge in [0.15, 0.2) is 0 Å². The van der Waals surface area contributed by atoms with E-state index >= 15 is 0 Å². The number of carbonyl (C=O) groups excluding carboxylic acids is 1. The van der Waals surface area contributed by atoms with Crippen LogP contribution in [0.25, 0.3) is 0 Å². The smallest absolute Gasteiger partial charge is 0.332 e. The molecule has 86 valence electrons. The summed E-state index contributed by atoms with van der Waals surface area (Å²) in [6.07, 6.45) is 2.24. The van der Waals surface area contributed by atoms with E-state index in [1.807, 2.05) is 6.92 Å². The molecule has 1 saturated heterocycles. The Kier molecular flexibility index (Phi) is 3.74. The van der Waals surface area contributed by atoms with Crippen LogP contribution in [0.15, 0.2) is 11.8 Å². The average Bonchev–Trinajstić information content (AvgIpc) is 2.41. The van der Waals surface area contributed by atoms with Crippen LogP contribution in [0.5, 0.6) is 0 Å². The van der Waals surface area contributed by atoms with Gasteiger partial charge < -0.3 is 15.2 Å². The molecule has 2 atom stereocenters. The Morgan fingerprint density at radius 3 is 2.93 bits per heavy atom. The van der Waals surface area contributed by atoms with Crippen LogP contribution in [0, 0.1) is 5.92 Å². The summed E-state index contributed by atoms with van der Waals surface area (Å²) in [5.41, 5.74) is 0.00790. The second-order valence-corrected chi connectivity index (χ2v) is 4.02. The quantitative estimate of drug-likeness (QED) is 0.538. The molecule has 15 heavy (non-hydrogen) atoms. The maximum Gasteiger partial charge on any atom is 0.332 e. The van der Waals surface area contributed by atoms with Crippen molar-refractivity contribution in [3.8, 4) is 0 Å². The Bertz CT molecular complexity index is 271. The van der Waals surface area contributed by atoms with E-state index < -0.39 is 5.60 Å². The van der Waals surface area contributed by atoms with Crippen molar-refractivity contribution in [2.75, 3.05) is 13.2 Å². The number of nitrogens with one attached hydrogen (secondary N) is 1. The van der Waals surface area contributed by atoms with Gasteiger partial charge in [-0.2, -0.15) is 0 Å². The molecule has 1 aliphatic rings. The molecule has 0 amide bonds. The summed E-state index contributed by atoms with van der Waals surface area (Å²) in [4.78, 5) is 11.3. The maximum atomic E-state index is 11.3. The first kappa shape index (κ1) is 12.0. The second-order valence-electron chi connectivity index (χ2n) is 4.02. The molecular weight excluding hydrogens is 194 g/mol. The van der Waals surface area contributed by atoms with E-state index in [9.17, 15) is 9.90 Å². The zero-order valence-corrected chi connectivity index (χ0v) is 9.54. The van der Waals surface area contributed by atoms with E-state index in [0.29, 0.717) is 13.2 Å². The van der Waals surface area contributed by atoms with Gasteiger partial charge in [0.25, 0.3) is 0 Å². The highest BCUT2D eigenvalue weighted by atomic mass is 16.5. The third kappa shape index (κ3) is 2.72. The molecule has 4 nitrogen and oxygen atoms in total. The Hall–Kier alpha value is -1.03. The van der Waals surface area contributed by atoms with Crippen molar-refractivity contribution >= 4 is 5.97 Å². The van der Waals surface area contributed by atoms with Crippen molar-refractivity contribution in [2.45, 2.75) is 32.8 Å². The van der Waals surface area contributed by atoms with Gasteiger partial charge in [-0.1, -0.05) is 6.92 Å². The lowest BCUT2D eigenvalue weighted by molar-refractivity contribution is -0.137. The van der Waals surface area contributed by atoms with Gasteiger partial charge in [-0.05, 0) is 20.3 Å². The molecule has 4 heteroatoms. The van der Waals surface area contributed by atoms with Crippen LogP contribution >= 0.6 is 0 Å². The number of carbonyl (C=O) groups is 1. The van der Waals surface area contributed by atoms with Gasteiger partial charge in [-0.25, -0.2) is 4.79 Å². The fraction of sp³-hybridized carbons (Fsp3) is 0.727. The minimum absolute atomic E-state index is 0.0121. The zero-order chi connectivity index (χ0) is 11.5. The highest BCUT2D eigenvalue weighted by Gasteiger charge is 2.39. The van der Waals surface area contributed by atoms with Crippen molar-refractivity contribution in [1.29, 1.82) is 0 Å². The van der Waals surface area contributed by atoms with Gasteiger partial charge in [0.2, 0.25) is 0 Å². The first-order valence-corrected chi connectivity index (χ1v) is 5.35. The number of β-amino-alcohol motifs (C(OH)–C–C–N with tert-alkyl or cyclic N) is 1. The van der Waals surface area contributed by atoms with E-state index in [-0.39, 0.29) is 11.9 Å². The zero-order valence-electron chi connectivity index (χ0n) is 9.54. The van der Waals surface area contributed by atoms with E-state index in [0.717, 1.165) is 12.1 Å². The van der Waals surface area contributed by atoms with Crippen molar-refractivity contribution in [2.24, 2.45) is 5.92 Å². The Labute approximate surface area is 90.3 Å². The number of hydrogen-bond donors (Lipinski definition) is 2. The summed E-state index contributed by atoms with van der Waals surface area (Å²) in [6.45, 7) is 6.39.